The topological polar surface area (TPSA) is 60.7 Å². The molecule has 0 amide bonds. The zero-order valence-electron chi connectivity index (χ0n) is 6.85. The molecule has 0 saturated carbocycles. The lowest BCUT2D eigenvalue weighted by molar-refractivity contribution is 0.125. The molecular weight excluding hydrogens is 156 g/mol. The molecule has 0 aromatic heterocycles. The maximum Gasteiger partial charge on any atom is 0.0793 e. The molecule has 0 saturated heterocycles. The van der Waals surface area contributed by atoms with Gasteiger partial charge >= 0.3 is 0 Å². The molecule has 0 radical (unpaired) electrons. The molecule has 0 aromatic rings. The Bertz CT molecular complexity index is 198. The van der Waals surface area contributed by atoms with Crippen LogP contribution in [0.2, 0.25) is 0 Å². The second kappa shape index (κ2) is 3.85. The third kappa shape index (κ3) is 1.58. The predicted octanol–water partition coefficient (Wildman–Crippen LogP) is -0.310. The molecule has 1 aliphatic carbocycles. The highest BCUT2D eigenvalue weighted by atomic mass is 16.3. The van der Waals surface area contributed by atoms with Gasteiger partial charge < -0.3 is 15.3 Å². The number of hydrogen-bond donors (Lipinski definition) is 3. The summed E-state index contributed by atoms with van der Waals surface area (Å²) in [5.74, 6) is -0.320. The lowest BCUT2D eigenvalue weighted by Crippen LogP contribution is -2.25. The first kappa shape index (κ1) is 9.45. The van der Waals surface area contributed by atoms with Gasteiger partial charge in [-0.05, 0) is 5.57 Å². The average molecular weight is 170 g/mol. The van der Waals surface area contributed by atoms with Gasteiger partial charge in [-0.25, -0.2) is 0 Å². The minimum atomic E-state index is -0.609. The van der Waals surface area contributed by atoms with Crippen LogP contribution >= 0.6 is 0 Å². The summed E-state index contributed by atoms with van der Waals surface area (Å²) in [4.78, 5) is 0. The molecule has 0 bridgehead atoms. The predicted molar refractivity (Wildman–Crippen MR) is 45.4 cm³/mol. The summed E-state index contributed by atoms with van der Waals surface area (Å²) in [6, 6.07) is 0. The van der Waals surface area contributed by atoms with E-state index in [9.17, 15) is 5.11 Å². The minimum Gasteiger partial charge on any atom is -0.396 e. The molecule has 0 aliphatic heterocycles. The van der Waals surface area contributed by atoms with Crippen molar-refractivity contribution in [1.29, 1.82) is 0 Å². The van der Waals surface area contributed by atoms with E-state index in [1.165, 1.54) is 0 Å². The summed E-state index contributed by atoms with van der Waals surface area (Å²) in [5.41, 5.74) is 0.576. The van der Waals surface area contributed by atoms with Gasteiger partial charge in [-0.3, -0.25) is 0 Å². The lowest BCUT2D eigenvalue weighted by Gasteiger charge is -2.21. The Labute approximate surface area is 71.7 Å². The zero-order valence-corrected chi connectivity index (χ0v) is 6.85. The van der Waals surface area contributed by atoms with Crippen molar-refractivity contribution in [3.8, 4) is 0 Å². The Morgan fingerprint density at radius 3 is 2.50 bits per heavy atom. The maximum atomic E-state index is 9.42. The van der Waals surface area contributed by atoms with E-state index in [1.807, 2.05) is 0 Å². The van der Waals surface area contributed by atoms with Crippen LogP contribution in [0.15, 0.2) is 24.3 Å². The molecule has 3 nitrogen and oxygen atoms in total. The van der Waals surface area contributed by atoms with Gasteiger partial charge in [0.1, 0.15) is 0 Å². The SMILES string of the molecule is C=C(CO)C1C(O)C=CC1CO. The monoisotopic (exact) mass is 170 g/mol. The normalized spacial score (nSPS) is 34.1. The Kier molecular flexibility index (Phi) is 3.03. The van der Waals surface area contributed by atoms with Gasteiger partial charge in [-0.2, -0.15) is 0 Å². The van der Waals surface area contributed by atoms with Crippen LogP contribution in [-0.2, 0) is 0 Å². The van der Waals surface area contributed by atoms with E-state index in [-0.39, 0.29) is 25.0 Å². The Balaban J connectivity index is 2.68. The van der Waals surface area contributed by atoms with Gasteiger partial charge in [0.05, 0.1) is 19.3 Å². The first-order chi connectivity index (χ1) is 5.70. The molecule has 1 aliphatic rings. The molecule has 3 unspecified atom stereocenters. The van der Waals surface area contributed by atoms with Gasteiger partial charge in [0.25, 0.3) is 0 Å². The van der Waals surface area contributed by atoms with Crippen LogP contribution in [0, 0.1) is 11.8 Å². The van der Waals surface area contributed by atoms with Crippen molar-refractivity contribution < 1.29 is 15.3 Å². The fraction of sp³-hybridized carbons (Fsp3) is 0.556. The quantitative estimate of drug-likeness (QED) is 0.509. The van der Waals surface area contributed by atoms with Crippen molar-refractivity contribution in [1.82, 2.24) is 0 Å². The lowest BCUT2D eigenvalue weighted by atomic mass is 9.88. The van der Waals surface area contributed by atoms with Gasteiger partial charge in [-0.1, -0.05) is 18.7 Å². The van der Waals surface area contributed by atoms with Crippen molar-refractivity contribution in [3.05, 3.63) is 24.3 Å². The maximum absolute atomic E-state index is 9.42. The smallest absolute Gasteiger partial charge is 0.0793 e. The molecule has 3 N–H and O–H groups in total. The van der Waals surface area contributed by atoms with Crippen molar-refractivity contribution in [3.63, 3.8) is 0 Å². The Morgan fingerprint density at radius 2 is 2.00 bits per heavy atom. The molecule has 3 heteroatoms. The molecule has 0 spiro atoms. The van der Waals surface area contributed by atoms with Crippen molar-refractivity contribution >= 4 is 0 Å². The highest BCUT2D eigenvalue weighted by molar-refractivity contribution is 5.19. The summed E-state index contributed by atoms with van der Waals surface area (Å²) in [6.07, 6.45) is 2.78. The van der Waals surface area contributed by atoms with Gasteiger partial charge in [0, 0.05) is 11.8 Å². The fourth-order valence-electron chi connectivity index (χ4n) is 1.57. The summed E-state index contributed by atoms with van der Waals surface area (Å²) < 4.78 is 0. The summed E-state index contributed by atoms with van der Waals surface area (Å²) >= 11 is 0. The van der Waals surface area contributed by atoms with Crippen molar-refractivity contribution in [2.75, 3.05) is 13.2 Å². The fourth-order valence-corrected chi connectivity index (χ4v) is 1.57. The van der Waals surface area contributed by atoms with E-state index in [0.29, 0.717) is 5.57 Å². The van der Waals surface area contributed by atoms with E-state index < -0.39 is 6.10 Å². The van der Waals surface area contributed by atoms with E-state index in [0.717, 1.165) is 0 Å². The van der Waals surface area contributed by atoms with Gasteiger partial charge in [0.15, 0.2) is 0 Å². The summed E-state index contributed by atoms with van der Waals surface area (Å²) in [7, 11) is 0. The molecule has 12 heavy (non-hydrogen) atoms. The second-order valence-corrected chi connectivity index (χ2v) is 3.06. The van der Waals surface area contributed by atoms with Crippen LogP contribution < -0.4 is 0 Å². The molecule has 1 rings (SSSR count). The van der Waals surface area contributed by atoms with Crippen LogP contribution in [0.4, 0.5) is 0 Å². The van der Waals surface area contributed by atoms with Gasteiger partial charge in [0.2, 0.25) is 0 Å². The highest BCUT2D eigenvalue weighted by Crippen LogP contribution is 2.30. The Morgan fingerprint density at radius 1 is 1.33 bits per heavy atom. The van der Waals surface area contributed by atoms with Crippen LogP contribution in [0.5, 0.6) is 0 Å². The molecule has 68 valence electrons. The second-order valence-electron chi connectivity index (χ2n) is 3.06. The van der Waals surface area contributed by atoms with Crippen molar-refractivity contribution in [2.45, 2.75) is 6.10 Å². The van der Waals surface area contributed by atoms with Crippen LogP contribution in [0.1, 0.15) is 0 Å². The van der Waals surface area contributed by atoms with E-state index in [1.54, 1.807) is 12.2 Å². The molecular formula is C9H14O3. The average Bonchev–Trinajstić information content (AvgIpc) is 2.45. The summed E-state index contributed by atoms with van der Waals surface area (Å²) in [5, 5.41) is 27.1. The van der Waals surface area contributed by atoms with Crippen LogP contribution in [0.25, 0.3) is 0 Å². The molecule has 3 atom stereocenters. The molecule has 0 aromatic carbocycles. The number of aliphatic hydroxyl groups excluding tert-OH is 3. The number of rotatable bonds is 3. The Hall–Kier alpha value is -0.640. The van der Waals surface area contributed by atoms with Crippen molar-refractivity contribution in [2.24, 2.45) is 11.8 Å². The number of hydrogen-bond acceptors (Lipinski definition) is 3. The van der Waals surface area contributed by atoms with E-state index in [2.05, 4.69) is 6.58 Å². The van der Waals surface area contributed by atoms with Crippen LogP contribution in [0.3, 0.4) is 0 Å². The van der Waals surface area contributed by atoms with E-state index in [4.69, 9.17) is 10.2 Å². The molecule has 0 heterocycles. The molecule has 0 fully saturated rings. The minimum absolute atomic E-state index is 0.0166. The first-order valence-corrected chi connectivity index (χ1v) is 3.96. The van der Waals surface area contributed by atoms with E-state index >= 15 is 0 Å². The van der Waals surface area contributed by atoms with Gasteiger partial charge in [-0.15, -0.1) is 0 Å². The third-order valence-corrected chi connectivity index (χ3v) is 2.27. The zero-order chi connectivity index (χ0) is 9.14. The van der Waals surface area contributed by atoms with Crippen LogP contribution in [-0.4, -0.2) is 34.6 Å². The first-order valence-electron chi connectivity index (χ1n) is 3.96. The number of aliphatic hydroxyl groups is 3. The summed E-state index contributed by atoms with van der Waals surface area (Å²) in [6.45, 7) is 3.49. The highest BCUT2D eigenvalue weighted by Gasteiger charge is 2.31. The largest absolute Gasteiger partial charge is 0.396 e. The third-order valence-electron chi connectivity index (χ3n) is 2.27. The standard InChI is InChI=1S/C9H14O3/c1-6(4-10)9-7(5-11)2-3-8(9)12/h2-3,7-12H,1,4-5H2.